The van der Waals surface area contributed by atoms with Gasteiger partial charge in [-0.2, -0.15) is 5.10 Å². The Morgan fingerprint density at radius 3 is 2.28 bits per heavy atom. The summed E-state index contributed by atoms with van der Waals surface area (Å²) in [5.41, 5.74) is 6.39. The van der Waals surface area contributed by atoms with Crippen LogP contribution in [0.25, 0.3) is 5.69 Å². The van der Waals surface area contributed by atoms with Crippen molar-refractivity contribution in [2.45, 2.75) is 53.5 Å². The Balaban J connectivity index is 1.87. The van der Waals surface area contributed by atoms with E-state index in [1.807, 2.05) is 92.7 Å². The minimum atomic E-state index is -0.234. The molecule has 6 heteroatoms. The summed E-state index contributed by atoms with van der Waals surface area (Å²) >= 11 is 0. The first-order valence-corrected chi connectivity index (χ1v) is 10.9. The lowest BCUT2D eigenvalue weighted by molar-refractivity contribution is -0.140. The van der Waals surface area contributed by atoms with Gasteiger partial charge < -0.3 is 9.64 Å². The second kappa shape index (κ2) is 9.81. The maximum absolute atomic E-state index is 13.3. The fourth-order valence-electron chi connectivity index (χ4n) is 3.96. The third kappa shape index (κ3) is 4.74. The molecule has 0 atom stereocenters. The minimum Gasteiger partial charge on any atom is -0.469 e. The molecule has 0 radical (unpaired) electrons. The number of rotatable bonds is 7. The molecule has 0 saturated heterocycles. The maximum Gasteiger partial charge on any atom is 0.305 e. The molecule has 3 aromatic rings. The SMILES string of the molecule is COC(=O)CCc1c(C)nn(-c2ccc(C(=O)N(c3ccccc3C)C(C)C)cc2)c1C. The van der Waals surface area contributed by atoms with Crippen LogP contribution in [0.2, 0.25) is 0 Å². The molecular formula is C26H31N3O3. The summed E-state index contributed by atoms with van der Waals surface area (Å²) in [6.45, 7) is 9.98. The number of amides is 1. The van der Waals surface area contributed by atoms with Crippen LogP contribution in [0.5, 0.6) is 0 Å². The van der Waals surface area contributed by atoms with Crippen LogP contribution in [-0.4, -0.2) is 34.8 Å². The minimum absolute atomic E-state index is 0.0247. The summed E-state index contributed by atoms with van der Waals surface area (Å²) in [6, 6.07) is 15.5. The predicted molar refractivity (Wildman–Crippen MR) is 126 cm³/mol. The smallest absolute Gasteiger partial charge is 0.305 e. The number of ether oxygens (including phenoxy) is 1. The number of esters is 1. The lowest BCUT2D eigenvalue weighted by Crippen LogP contribution is -2.37. The second-order valence-electron chi connectivity index (χ2n) is 8.24. The number of hydrogen-bond donors (Lipinski definition) is 0. The van der Waals surface area contributed by atoms with Crippen molar-refractivity contribution in [3.8, 4) is 5.69 Å². The van der Waals surface area contributed by atoms with E-state index in [0.29, 0.717) is 18.4 Å². The molecule has 168 valence electrons. The second-order valence-corrected chi connectivity index (χ2v) is 8.24. The van der Waals surface area contributed by atoms with Gasteiger partial charge in [0.15, 0.2) is 0 Å². The standard InChI is InChI=1S/C26H31N3O3/c1-17(2)28(24-10-8-7-9-18(24)3)26(31)21-11-13-22(14-12-21)29-20(5)23(19(4)27-29)15-16-25(30)32-6/h7-14,17H,15-16H2,1-6H3. The number of benzene rings is 2. The highest BCUT2D eigenvalue weighted by Gasteiger charge is 2.22. The van der Waals surface area contributed by atoms with Crippen LogP contribution in [0, 0.1) is 20.8 Å². The number of carbonyl (C=O) groups is 2. The van der Waals surface area contributed by atoms with Crippen LogP contribution in [0.3, 0.4) is 0 Å². The summed E-state index contributed by atoms with van der Waals surface area (Å²) in [5.74, 6) is -0.268. The molecule has 2 aromatic carbocycles. The molecule has 3 rings (SSSR count). The van der Waals surface area contributed by atoms with Crippen molar-refractivity contribution in [1.82, 2.24) is 9.78 Å². The van der Waals surface area contributed by atoms with Gasteiger partial charge in [0.2, 0.25) is 0 Å². The summed E-state index contributed by atoms with van der Waals surface area (Å²) in [4.78, 5) is 26.7. The number of aromatic nitrogens is 2. The van der Waals surface area contributed by atoms with Crippen LogP contribution >= 0.6 is 0 Å². The molecule has 32 heavy (non-hydrogen) atoms. The maximum atomic E-state index is 13.3. The average Bonchev–Trinajstić information content (AvgIpc) is 3.06. The first-order valence-electron chi connectivity index (χ1n) is 10.9. The Kier molecular flexibility index (Phi) is 7.13. The van der Waals surface area contributed by atoms with E-state index in [2.05, 4.69) is 5.10 Å². The van der Waals surface area contributed by atoms with Gasteiger partial charge in [0, 0.05) is 29.4 Å². The van der Waals surface area contributed by atoms with Crippen molar-refractivity contribution >= 4 is 17.6 Å². The highest BCUT2D eigenvalue weighted by molar-refractivity contribution is 6.06. The van der Waals surface area contributed by atoms with Crippen LogP contribution in [0.15, 0.2) is 48.5 Å². The lowest BCUT2D eigenvalue weighted by Gasteiger charge is -2.28. The van der Waals surface area contributed by atoms with E-state index in [1.165, 1.54) is 7.11 Å². The van der Waals surface area contributed by atoms with Gasteiger partial charge in [-0.25, -0.2) is 4.68 Å². The summed E-state index contributed by atoms with van der Waals surface area (Å²) in [7, 11) is 1.40. The number of hydrogen-bond acceptors (Lipinski definition) is 4. The molecular weight excluding hydrogens is 402 g/mol. The van der Waals surface area contributed by atoms with E-state index in [0.717, 1.165) is 33.9 Å². The van der Waals surface area contributed by atoms with Crippen molar-refractivity contribution < 1.29 is 14.3 Å². The van der Waals surface area contributed by atoms with Gasteiger partial charge in [0.1, 0.15) is 0 Å². The number of para-hydroxylation sites is 1. The molecule has 0 bridgehead atoms. The first-order chi connectivity index (χ1) is 15.2. The third-order valence-corrected chi connectivity index (χ3v) is 5.72. The summed E-state index contributed by atoms with van der Waals surface area (Å²) < 4.78 is 6.61. The Hall–Kier alpha value is -3.41. The van der Waals surface area contributed by atoms with E-state index >= 15 is 0 Å². The van der Waals surface area contributed by atoms with Gasteiger partial charge in [0.25, 0.3) is 5.91 Å². The fraction of sp³-hybridized carbons (Fsp3) is 0.346. The molecule has 1 amide bonds. The molecule has 0 unspecified atom stereocenters. The quantitative estimate of drug-likeness (QED) is 0.494. The van der Waals surface area contributed by atoms with Crippen molar-refractivity contribution in [3.63, 3.8) is 0 Å². The first kappa shape index (κ1) is 23.3. The van der Waals surface area contributed by atoms with Gasteiger partial charge >= 0.3 is 5.97 Å². The zero-order valence-electron chi connectivity index (χ0n) is 19.7. The van der Waals surface area contributed by atoms with Crippen molar-refractivity contribution in [2.75, 3.05) is 12.0 Å². The molecule has 0 fully saturated rings. The zero-order chi connectivity index (χ0) is 23.4. The monoisotopic (exact) mass is 433 g/mol. The number of methoxy groups -OCH3 is 1. The van der Waals surface area contributed by atoms with Crippen LogP contribution < -0.4 is 4.90 Å². The van der Waals surface area contributed by atoms with Gasteiger partial charge in [-0.1, -0.05) is 18.2 Å². The molecule has 1 heterocycles. The molecule has 0 N–H and O–H groups in total. The Labute approximate surface area is 189 Å². The summed E-state index contributed by atoms with van der Waals surface area (Å²) in [6.07, 6.45) is 0.905. The van der Waals surface area contributed by atoms with Crippen molar-refractivity contribution in [1.29, 1.82) is 0 Å². The van der Waals surface area contributed by atoms with Crippen LogP contribution in [0.4, 0.5) is 5.69 Å². The van der Waals surface area contributed by atoms with Crippen molar-refractivity contribution in [2.24, 2.45) is 0 Å². The summed E-state index contributed by atoms with van der Waals surface area (Å²) in [5, 5.41) is 4.65. The lowest BCUT2D eigenvalue weighted by atomic mass is 10.1. The highest BCUT2D eigenvalue weighted by atomic mass is 16.5. The number of anilines is 1. The van der Waals surface area contributed by atoms with E-state index in [-0.39, 0.29) is 17.9 Å². The van der Waals surface area contributed by atoms with E-state index in [4.69, 9.17) is 4.74 Å². The van der Waals surface area contributed by atoms with Crippen LogP contribution in [-0.2, 0) is 16.0 Å². The number of aryl methyl sites for hydroxylation is 2. The van der Waals surface area contributed by atoms with Gasteiger partial charge in [-0.15, -0.1) is 0 Å². The Morgan fingerprint density at radius 1 is 1.03 bits per heavy atom. The van der Waals surface area contributed by atoms with Gasteiger partial charge in [0.05, 0.1) is 18.5 Å². The molecule has 0 aliphatic carbocycles. The normalized spacial score (nSPS) is 11.0. The zero-order valence-corrected chi connectivity index (χ0v) is 19.7. The Bertz CT molecular complexity index is 1110. The molecule has 0 saturated carbocycles. The van der Waals surface area contributed by atoms with E-state index in [1.54, 1.807) is 0 Å². The van der Waals surface area contributed by atoms with Gasteiger partial charge in [-0.05, 0) is 82.5 Å². The fourth-order valence-corrected chi connectivity index (χ4v) is 3.96. The topological polar surface area (TPSA) is 64.4 Å². The Morgan fingerprint density at radius 2 is 1.69 bits per heavy atom. The largest absolute Gasteiger partial charge is 0.469 e. The third-order valence-electron chi connectivity index (χ3n) is 5.72. The van der Waals surface area contributed by atoms with E-state index in [9.17, 15) is 9.59 Å². The number of nitrogens with zero attached hydrogens (tertiary/aromatic N) is 3. The van der Waals surface area contributed by atoms with Crippen molar-refractivity contribution in [3.05, 3.63) is 76.6 Å². The number of carbonyl (C=O) groups excluding carboxylic acids is 2. The predicted octanol–water partition coefficient (Wildman–Crippen LogP) is 4.96. The molecule has 6 nitrogen and oxygen atoms in total. The van der Waals surface area contributed by atoms with Gasteiger partial charge in [-0.3, -0.25) is 9.59 Å². The average molecular weight is 434 g/mol. The highest BCUT2D eigenvalue weighted by Crippen LogP contribution is 2.25. The molecule has 1 aromatic heterocycles. The molecule has 0 spiro atoms. The van der Waals surface area contributed by atoms with Crippen LogP contribution in [0.1, 0.15) is 53.1 Å². The molecule has 0 aliphatic heterocycles. The molecule has 0 aliphatic rings. The van der Waals surface area contributed by atoms with E-state index < -0.39 is 0 Å².